The molecule has 2 fully saturated rings. The Balaban J connectivity index is 0.000000914. The van der Waals surface area contributed by atoms with Crippen LogP contribution in [0.15, 0.2) is 60.7 Å². The normalized spacial score (nSPS) is 26.9. The summed E-state index contributed by atoms with van der Waals surface area (Å²) in [5.41, 5.74) is 0.719. The maximum Gasteiger partial charge on any atom is 0.191 e. The number of hydrogen-bond donors (Lipinski definition) is 0. The Kier molecular flexibility index (Phi) is 10.7. The van der Waals surface area contributed by atoms with Crippen molar-refractivity contribution in [3.05, 3.63) is 71.8 Å². The van der Waals surface area contributed by atoms with E-state index in [-0.39, 0.29) is 6.61 Å². The van der Waals surface area contributed by atoms with E-state index >= 15 is 0 Å². The highest BCUT2D eigenvalue weighted by Crippen LogP contribution is 2.43. The predicted octanol–water partition coefficient (Wildman–Crippen LogP) is 5.29. The van der Waals surface area contributed by atoms with Crippen LogP contribution in [-0.4, -0.2) is 42.8 Å². The van der Waals surface area contributed by atoms with E-state index in [2.05, 4.69) is 0 Å². The van der Waals surface area contributed by atoms with Gasteiger partial charge in [-0.15, -0.1) is 0 Å². The summed E-state index contributed by atoms with van der Waals surface area (Å²) < 4.78 is 29.9. The highest BCUT2D eigenvalue weighted by molar-refractivity contribution is 5.65. The Morgan fingerprint density at radius 2 is 1.36 bits per heavy atom. The number of aldehydes is 1. The van der Waals surface area contributed by atoms with Gasteiger partial charge in [-0.25, -0.2) is 0 Å². The predicted molar refractivity (Wildman–Crippen MR) is 128 cm³/mol. The maximum atomic E-state index is 12.2. The van der Waals surface area contributed by atoms with Crippen molar-refractivity contribution in [2.24, 2.45) is 0 Å². The molecule has 0 saturated carbocycles. The summed E-state index contributed by atoms with van der Waals surface area (Å²) in [5.74, 6) is -0.802. The number of fused-ring (bicyclic) bond motifs is 1. The molecule has 2 saturated heterocycles. The fourth-order valence-corrected chi connectivity index (χ4v) is 3.76. The number of carbonyl (C=O) groups excluding carboxylic acids is 1. The van der Waals surface area contributed by atoms with Crippen LogP contribution < -0.4 is 0 Å². The lowest BCUT2D eigenvalue weighted by Crippen LogP contribution is -2.51. The summed E-state index contributed by atoms with van der Waals surface area (Å²) >= 11 is 0. The molecule has 4 atom stereocenters. The summed E-state index contributed by atoms with van der Waals surface area (Å²) in [6.45, 7) is 12.4. The zero-order chi connectivity index (χ0) is 24.3. The molecule has 2 heterocycles. The minimum atomic E-state index is -1.30. The number of hydrogen-bond acceptors (Lipinski definition) is 6. The van der Waals surface area contributed by atoms with E-state index < -0.39 is 29.9 Å². The summed E-state index contributed by atoms with van der Waals surface area (Å²) in [6, 6.07) is 19.5. The molecule has 0 bridgehead atoms. The first-order chi connectivity index (χ1) is 16.0. The third-order valence-corrected chi connectivity index (χ3v) is 5.11. The van der Waals surface area contributed by atoms with Gasteiger partial charge >= 0.3 is 0 Å². The molecule has 2 aromatic carbocycles. The molecule has 182 valence electrons. The van der Waals surface area contributed by atoms with Gasteiger partial charge in [0.1, 0.15) is 12.2 Å². The van der Waals surface area contributed by atoms with Crippen LogP contribution in [0.1, 0.15) is 52.7 Å². The van der Waals surface area contributed by atoms with Crippen LogP contribution in [0.4, 0.5) is 0 Å². The summed E-state index contributed by atoms with van der Waals surface area (Å²) in [6.07, 6.45) is -1.09. The van der Waals surface area contributed by atoms with Crippen molar-refractivity contribution in [1.29, 1.82) is 0 Å². The van der Waals surface area contributed by atoms with Crippen LogP contribution in [0.3, 0.4) is 0 Å². The van der Waals surface area contributed by atoms with Gasteiger partial charge in [0.25, 0.3) is 0 Å². The average Bonchev–Trinajstić information content (AvgIpc) is 3.30. The molecule has 6 heteroatoms. The molecule has 2 aliphatic rings. The van der Waals surface area contributed by atoms with Crippen LogP contribution in [0.25, 0.3) is 0 Å². The van der Waals surface area contributed by atoms with Crippen molar-refractivity contribution in [1.82, 2.24) is 0 Å². The van der Waals surface area contributed by atoms with E-state index in [0.717, 1.165) is 17.4 Å². The van der Waals surface area contributed by atoms with E-state index in [1.807, 2.05) is 102 Å². The SMILES string of the molecule is CC.CC.CC1(C)OC2OC(C=O)(COCc3ccccc3)C(OCc3ccccc3)C2O1. The quantitative estimate of drug-likeness (QED) is 0.501. The highest BCUT2D eigenvalue weighted by atomic mass is 16.8. The molecule has 4 unspecified atom stereocenters. The number of ether oxygens (including phenoxy) is 5. The van der Waals surface area contributed by atoms with Gasteiger partial charge in [-0.3, -0.25) is 4.79 Å². The summed E-state index contributed by atoms with van der Waals surface area (Å²) in [5, 5.41) is 0. The van der Waals surface area contributed by atoms with Crippen LogP contribution in [0.2, 0.25) is 0 Å². The Morgan fingerprint density at radius 3 is 1.91 bits per heavy atom. The molecule has 0 radical (unpaired) electrons. The van der Waals surface area contributed by atoms with E-state index in [0.29, 0.717) is 13.2 Å². The smallest absolute Gasteiger partial charge is 0.191 e. The van der Waals surface area contributed by atoms with E-state index in [9.17, 15) is 4.79 Å². The first-order valence-electron chi connectivity index (χ1n) is 11.8. The third kappa shape index (κ3) is 6.95. The molecule has 0 spiro atoms. The van der Waals surface area contributed by atoms with Crippen molar-refractivity contribution in [3.63, 3.8) is 0 Å². The van der Waals surface area contributed by atoms with Gasteiger partial charge in [-0.05, 0) is 25.0 Å². The van der Waals surface area contributed by atoms with Gasteiger partial charge in [-0.2, -0.15) is 0 Å². The van der Waals surface area contributed by atoms with E-state index in [4.69, 9.17) is 23.7 Å². The van der Waals surface area contributed by atoms with Gasteiger partial charge < -0.3 is 23.7 Å². The van der Waals surface area contributed by atoms with Gasteiger partial charge in [0.15, 0.2) is 24.0 Å². The van der Waals surface area contributed by atoms with Crippen molar-refractivity contribution >= 4 is 6.29 Å². The van der Waals surface area contributed by atoms with Crippen LogP contribution >= 0.6 is 0 Å². The largest absolute Gasteiger partial charge is 0.373 e. The zero-order valence-corrected chi connectivity index (χ0v) is 20.7. The fraction of sp³-hybridized carbons (Fsp3) is 0.519. The molecule has 4 rings (SSSR count). The molecule has 6 nitrogen and oxygen atoms in total. The first-order valence-corrected chi connectivity index (χ1v) is 11.8. The van der Waals surface area contributed by atoms with Gasteiger partial charge in [0.2, 0.25) is 0 Å². The Labute approximate surface area is 198 Å². The van der Waals surface area contributed by atoms with Gasteiger partial charge in [0, 0.05) is 0 Å². The molecule has 33 heavy (non-hydrogen) atoms. The molecule has 0 amide bonds. The Bertz CT molecular complexity index is 810. The minimum Gasteiger partial charge on any atom is -0.373 e. The van der Waals surface area contributed by atoms with Crippen molar-refractivity contribution in [3.8, 4) is 0 Å². The van der Waals surface area contributed by atoms with E-state index in [1.54, 1.807) is 0 Å². The summed E-state index contributed by atoms with van der Waals surface area (Å²) in [4.78, 5) is 12.2. The number of rotatable bonds is 8. The monoisotopic (exact) mass is 458 g/mol. The molecular formula is C27H38O6. The molecule has 0 aliphatic carbocycles. The zero-order valence-electron chi connectivity index (χ0n) is 20.7. The molecule has 0 N–H and O–H groups in total. The standard InChI is InChI=1S/C23H26O6.2C2H6/c1-22(2)27-19-20(26-14-18-11-7-4-8-12-18)23(15-24,29-21(19)28-22)16-25-13-17-9-5-3-6-10-17;2*1-2/h3-12,15,19-21H,13-14,16H2,1-2H3;2*1-2H3. The van der Waals surface area contributed by atoms with Crippen molar-refractivity contribution in [2.75, 3.05) is 6.61 Å². The molecule has 2 aliphatic heterocycles. The number of carbonyl (C=O) groups is 1. The van der Waals surface area contributed by atoms with Crippen LogP contribution in [0, 0.1) is 0 Å². The average molecular weight is 459 g/mol. The topological polar surface area (TPSA) is 63.2 Å². The molecular weight excluding hydrogens is 420 g/mol. The Morgan fingerprint density at radius 1 is 0.818 bits per heavy atom. The van der Waals surface area contributed by atoms with E-state index in [1.165, 1.54) is 0 Å². The van der Waals surface area contributed by atoms with Crippen molar-refractivity contribution in [2.45, 2.75) is 84.6 Å². The molecule has 2 aromatic rings. The second kappa shape index (κ2) is 13.0. The second-order valence-electron chi connectivity index (χ2n) is 7.85. The first kappa shape index (κ1) is 27.2. The lowest BCUT2D eigenvalue weighted by molar-refractivity contribution is -0.246. The highest BCUT2D eigenvalue weighted by Gasteiger charge is 2.63. The lowest BCUT2D eigenvalue weighted by Gasteiger charge is -2.32. The summed E-state index contributed by atoms with van der Waals surface area (Å²) in [7, 11) is 0. The van der Waals surface area contributed by atoms with Gasteiger partial charge in [-0.1, -0.05) is 88.4 Å². The molecule has 0 aromatic heterocycles. The number of benzene rings is 2. The second-order valence-corrected chi connectivity index (χ2v) is 7.85. The minimum absolute atomic E-state index is 0.0466. The van der Waals surface area contributed by atoms with Crippen LogP contribution in [-0.2, 0) is 41.7 Å². The third-order valence-electron chi connectivity index (χ3n) is 5.11. The Hall–Kier alpha value is -2.09. The maximum absolute atomic E-state index is 12.2. The van der Waals surface area contributed by atoms with Gasteiger partial charge in [0.05, 0.1) is 19.8 Å². The van der Waals surface area contributed by atoms with Crippen molar-refractivity contribution < 1.29 is 28.5 Å². The lowest BCUT2D eigenvalue weighted by atomic mass is 9.97. The van der Waals surface area contributed by atoms with Crippen LogP contribution in [0.5, 0.6) is 0 Å². The fourth-order valence-electron chi connectivity index (χ4n) is 3.76.